The Morgan fingerprint density at radius 2 is 2.26 bits per heavy atom. The van der Waals surface area contributed by atoms with Gasteiger partial charge in [-0.2, -0.15) is 5.26 Å². The molecule has 1 fully saturated rings. The fourth-order valence-electron chi connectivity index (χ4n) is 2.67. The van der Waals surface area contributed by atoms with E-state index in [-0.39, 0.29) is 6.10 Å². The molecule has 2 heterocycles. The first-order chi connectivity index (χ1) is 9.33. The lowest BCUT2D eigenvalue weighted by atomic mass is 10.1. The Hall–Kier alpha value is -2.12. The molecule has 3 rings (SSSR count). The third kappa shape index (κ3) is 2.02. The van der Waals surface area contributed by atoms with Crippen LogP contribution in [0.1, 0.15) is 12.0 Å². The number of hydrogen-bond acceptors (Lipinski definition) is 4. The summed E-state index contributed by atoms with van der Waals surface area (Å²) in [5, 5.41) is 10.4. The summed E-state index contributed by atoms with van der Waals surface area (Å²) >= 11 is 0. The second-order valence-corrected chi connectivity index (χ2v) is 4.74. The first-order valence-electron chi connectivity index (χ1n) is 6.39. The van der Waals surface area contributed by atoms with Crippen LogP contribution >= 0.6 is 0 Å². The molecule has 0 bridgehead atoms. The topological polar surface area (TPSA) is 49.1 Å². The van der Waals surface area contributed by atoms with Crippen LogP contribution in [0.5, 0.6) is 0 Å². The maximum atomic E-state index is 9.31. The number of methoxy groups -OCH3 is 1. The molecule has 0 spiro atoms. The molecule has 4 heteroatoms. The number of aromatic nitrogens is 1. The molecule has 0 amide bonds. The van der Waals surface area contributed by atoms with Crippen molar-refractivity contribution in [2.75, 3.05) is 25.1 Å². The molecule has 1 unspecified atom stereocenters. The summed E-state index contributed by atoms with van der Waals surface area (Å²) in [6.45, 7) is 1.75. The zero-order valence-corrected chi connectivity index (χ0v) is 10.8. The molecule has 0 saturated carbocycles. The van der Waals surface area contributed by atoms with Crippen LogP contribution in [0.15, 0.2) is 30.5 Å². The summed E-state index contributed by atoms with van der Waals surface area (Å²) in [4.78, 5) is 6.58. The Morgan fingerprint density at radius 1 is 1.42 bits per heavy atom. The number of para-hydroxylation sites is 1. The van der Waals surface area contributed by atoms with Gasteiger partial charge in [-0.05, 0) is 12.5 Å². The molecule has 1 aliphatic rings. The van der Waals surface area contributed by atoms with E-state index in [1.54, 1.807) is 13.3 Å². The van der Waals surface area contributed by atoms with Crippen molar-refractivity contribution >= 4 is 16.6 Å². The fourth-order valence-corrected chi connectivity index (χ4v) is 2.67. The van der Waals surface area contributed by atoms with Crippen molar-refractivity contribution in [2.45, 2.75) is 12.5 Å². The molecule has 0 radical (unpaired) electrons. The van der Waals surface area contributed by atoms with Crippen molar-refractivity contribution in [2.24, 2.45) is 0 Å². The third-order valence-electron chi connectivity index (χ3n) is 3.66. The van der Waals surface area contributed by atoms with Gasteiger partial charge in [-0.3, -0.25) is 4.98 Å². The lowest BCUT2D eigenvalue weighted by Crippen LogP contribution is -2.23. The number of nitriles is 1. The number of nitrogens with zero attached hydrogens (tertiary/aromatic N) is 3. The van der Waals surface area contributed by atoms with Gasteiger partial charge in [-0.25, -0.2) is 0 Å². The van der Waals surface area contributed by atoms with Crippen molar-refractivity contribution in [3.8, 4) is 6.07 Å². The standard InChI is InChI=1S/C15H15N3O/c1-19-12-6-7-18(10-12)15-11(8-16)9-17-14-5-3-2-4-13(14)15/h2-5,9,12H,6-7,10H2,1H3. The van der Waals surface area contributed by atoms with Crippen molar-refractivity contribution in [1.29, 1.82) is 5.26 Å². The predicted octanol–water partition coefficient (Wildman–Crippen LogP) is 2.33. The molecule has 2 aromatic rings. The Kier molecular flexibility index (Phi) is 3.06. The third-order valence-corrected chi connectivity index (χ3v) is 3.66. The van der Waals surface area contributed by atoms with E-state index >= 15 is 0 Å². The summed E-state index contributed by atoms with van der Waals surface area (Å²) in [6, 6.07) is 10.2. The molecule has 0 aliphatic carbocycles. The second kappa shape index (κ2) is 4.87. The summed E-state index contributed by atoms with van der Waals surface area (Å²) in [5.74, 6) is 0. The highest BCUT2D eigenvalue weighted by Gasteiger charge is 2.25. The van der Waals surface area contributed by atoms with E-state index in [2.05, 4.69) is 16.0 Å². The van der Waals surface area contributed by atoms with Gasteiger partial charge in [0, 0.05) is 31.8 Å². The summed E-state index contributed by atoms with van der Waals surface area (Å²) in [7, 11) is 1.74. The molecule has 0 N–H and O–H groups in total. The minimum Gasteiger partial charge on any atom is -0.380 e. The molecule has 1 aliphatic heterocycles. The van der Waals surface area contributed by atoms with Gasteiger partial charge in [0.25, 0.3) is 0 Å². The predicted molar refractivity (Wildman–Crippen MR) is 74.1 cm³/mol. The van der Waals surface area contributed by atoms with E-state index in [1.165, 1.54) is 0 Å². The first-order valence-corrected chi connectivity index (χ1v) is 6.39. The van der Waals surface area contributed by atoms with E-state index in [4.69, 9.17) is 4.74 Å². The average Bonchev–Trinajstić information content (AvgIpc) is 2.94. The zero-order chi connectivity index (χ0) is 13.2. The van der Waals surface area contributed by atoms with Gasteiger partial charge in [-0.15, -0.1) is 0 Å². The summed E-state index contributed by atoms with van der Waals surface area (Å²) < 4.78 is 5.41. The zero-order valence-electron chi connectivity index (χ0n) is 10.8. The normalized spacial score (nSPS) is 18.7. The molecule has 96 valence electrons. The van der Waals surface area contributed by atoms with E-state index in [9.17, 15) is 5.26 Å². The molecule has 1 saturated heterocycles. The Labute approximate surface area is 112 Å². The number of ether oxygens (including phenoxy) is 1. The summed E-state index contributed by atoms with van der Waals surface area (Å²) in [5.41, 5.74) is 2.56. The molecular weight excluding hydrogens is 238 g/mol. The van der Waals surface area contributed by atoms with Gasteiger partial charge in [-0.1, -0.05) is 18.2 Å². The number of pyridine rings is 1. The van der Waals surface area contributed by atoms with E-state index < -0.39 is 0 Å². The van der Waals surface area contributed by atoms with Crippen molar-refractivity contribution in [3.05, 3.63) is 36.0 Å². The van der Waals surface area contributed by atoms with Gasteiger partial charge < -0.3 is 9.64 Å². The second-order valence-electron chi connectivity index (χ2n) is 4.74. The van der Waals surface area contributed by atoms with Crippen LogP contribution < -0.4 is 4.90 Å². The van der Waals surface area contributed by atoms with Crippen molar-refractivity contribution in [1.82, 2.24) is 4.98 Å². The number of anilines is 1. The minimum atomic E-state index is 0.249. The Balaban J connectivity index is 2.13. The molecule has 1 atom stereocenters. The monoisotopic (exact) mass is 253 g/mol. The van der Waals surface area contributed by atoms with Gasteiger partial charge in [0.05, 0.1) is 22.9 Å². The van der Waals surface area contributed by atoms with Crippen LogP contribution in [-0.4, -0.2) is 31.3 Å². The molecule has 4 nitrogen and oxygen atoms in total. The molecule has 19 heavy (non-hydrogen) atoms. The maximum absolute atomic E-state index is 9.31. The highest BCUT2D eigenvalue weighted by Crippen LogP contribution is 2.31. The van der Waals surface area contributed by atoms with Crippen LogP contribution in [-0.2, 0) is 4.74 Å². The van der Waals surface area contributed by atoms with E-state index in [1.807, 2.05) is 24.3 Å². The van der Waals surface area contributed by atoms with E-state index in [0.717, 1.165) is 36.1 Å². The number of benzene rings is 1. The van der Waals surface area contributed by atoms with Crippen molar-refractivity contribution in [3.63, 3.8) is 0 Å². The smallest absolute Gasteiger partial charge is 0.103 e. The first kappa shape index (κ1) is 11.9. The highest BCUT2D eigenvalue weighted by atomic mass is 16.5. The highest BCUT2D eigenvalue weighted by molar-refractivity contribution is 5.94. The van der Waals surface area contributed by atoms with Gasteiger partial charge >= 0.3 is 0 Å². The fraction of sp³-hybridized carbons (Fsp3) is 0.333. The van der Waals surface area contributed by atoms with Crippen LogP contribution in [0.25, 0.3) is 10.9 Å². The lowest BCUT2D eigenvalue weighted by Gasteiger charge is -2.21. The summed E-state index contributed by atoms with van der Waals surface area (Å²) in [6.07, 6.45) is 2.91. The molecule has 1 aromatic carbocycles. The minimum absolute atomic E-state index is 0.249. The van der Waals surface area contributed by atoms with Crippen LogP contribution in [0.4, 0.5) is 5.69 Å². The number of hydrogen-bond donors (Lipinski definition) is 0. The Bertz CT molecular complexity index is 647. The number of rotatable bonds is 2. The number of fused-ring (bicyclic) bond motifs is 1. The van der Waals surface area contributed by atoms with Gasteiger partial charge in [0.1, 0.15) is 6.07 Å². The van der Waals surface area contributed by atoms with Gasteiger partial charge in [0.2, 0.25) is 0 Å². The Morgan fingerprint density at radius 3 is 3.00 bits per heavy atom. The molecular formula is C15H15N3O. The largest absolute Gasteiger partial charge is 0.380 e. The van der Waals surface area contributed by atoms with Crippen molar-refractivity contribution < 1.29 is 4.74 Å². The van der Waals surface area contributed by atoms with Crippen LogP contribution in [0.2, 0.25) is 0 Å². The maximum Gasteiger partial charge on any atom is 0.103 e. The SMILES string of the molecule is COC1CCN(c2c(C#N)cnc3ccccc23)C1. The average molecular weight is 253 g/mol. The quantitative estimate of drug-likeness (QED) is 0.824. The van der Waals surface area contributed by atoms with E-state index in [0.29, 0.717) is 5.56 Å². The molecule has 1 aromatic heterocycles. The lowest BCUT2D eigenvalue weighted by molar-refractivity contribution is 0.121. The van der Waals surface area contributed by atoms with Crippen LogP contribution in [0, 0.1) is 11.3 Å². The van der Waals surface area contributed by atoms with Crippen LogP contribution in [0.3, 0.4) is 0 Å². The van der Waals surface area contributed by atoms with Gasteiger partial charge in [0.15, 0.2) is 0 Å².